The number of carbonyl (C=O) groups excluding carboxylic acids is 1. The van der Waals surface area contributed by atoms with Gasteiger partial charge in [0.25, 0.3) is 5.91 Å². The third kappa shape index (κ3) is 2.75. The van der Waals surface area contributed by atoms with E-state index in [0.29, 0.717) is 12.0 Å². The summed E-state index contributed by atoms with van der Waals surface area (Å²) in [6.07, 6.45) is 4.88. The highest BCUT2D eigenvalue weighted by molar-refractivity contribution is 7.08. The van der Waals surface area contributed by atoms with Crippen molar-refractivity contribution < 1.29 is 4.79 Å². The van der Waals surface area contributed by atoms with Gasteiger partial charge in [-0.1, -0.05) is 0 Å². The summed E-state index contributed by atoms with van der Waals surface area (Å²) in [6.45, 7) is 3.14. The number of thiophene rings is 1. The number of hydrogen-bond acceptors (Lipinski definition) is 3. The van der Waals surface area contributed by atoms with Gasteiger partial charge in [0.1, 0.15) is 0 Å². The molecular weight excluding hydrogens is 244 g/mol. The molecule has 3 rings (SSSR count). The van der Waals surface area contributed by atoms with Gasteiger partial charge in [0, 0.05) is 18.0 Å². The molecule has 1 N–H and O–H groups in total. The maximum Gasteiger partial charge on any atom is 0.254 e. The Kier molecular flexibility index (Phi) is 3.66. The van der Waals surface area contributed by atoms with Crippen molar-refractivity contribution in [3.63, 3.8) is 0 Å². The van der Waals surface area contributed by atoms with Gasteiger partial charge >= 0.3 is 0 Å². The number of rotatable bonds is 4. The molecule has 1 saturated heterocycles. The Hall–Kier alpha value is -0.870. The van der Waals surface area contributed by atoms with Crippen LogP contribution in [0, 0.1) is 5.92 Å². The second kappa shape index (κ2) is 5.41. The van der Waals surface area contributed by atoms with E-state index in [2.05, 4.69) is 10.2 Å². The number of carbonyl (C=O) groups is 1. The number of hydrogen-bond donors (Lipinski definition) is 1. The van der Waals surface area contributed by atoms with Crippen molar-refractivity contribution in [2.75, 3.05) is 19.6 Å². The Balaban J connectivity index is 1.66. The molecule has 0 aromatic carbocycles. The summed E-state index contributed by atoms with van der Waals surface area (Å²) in [7, 11) is 0. The van der Waals surface area contributed by atoms with E-state index in [-0.39, 0.29) is 5.91 Å². The molecule has 1 unspecified atom stereocenters. The molecule has 0 bridgehead atoms. The van der Waals surface area contributed by atoms with Gasteiger partial charge in [-0.15, -0.1) is 0 Å². The van der Waals surface area contributed by atoms with E-state index >= 15 is 0 Å². The summed E-state index contributed by atoms with van der Waals surface area (Å²) < 4.78 is 0. The second-order valence-corrected chi connectivity index (χ2v) is 6.19. The molecule has 98 valence electrons. The van der Waals surface area contributed by atoms with Gasteiger partial charge in [0.2, 0.25) is 0 Å². The van der Waals surface area contributed by atoms with Crippen molar-refractivity contribution in [2.24, 2.45) is 5.92 Å². The molecule has 2 heterocycles. The lowest BCUT2D eigenvalue weighted by atomic mass is 9.99. The zero-order valence-electron chi connectivity index (χ0n) is 10.6. The van der Waals surface area contributed by atoms with Crippen LogP contribution in [0.4, 0.5) is 0 Å². The fourth-order valence-electron chi connectivity index (χ4n) is 2.69. The molecule has 1 aliphatic carbocycles. The smallest absolute Gasteiger partial charge is 0.254 e. The van der Waals surface area contributed by atoms with E-state index in [1.165, 1.54) is 25.7 Å². The van der Waals surface area contributed by atoms with Gasteiger partial charge in [-0.3, -0.25) is 4.79 Å². The van der Waals surface area contributed by atoms with Gasteiger partial charge in [-0.2, -0.15) is 11.3 Å². The van der Waals surface area contributed by atoms with E-state index < -0.39 is 0 Å². The Morgan fingerprint density at radius 3 is 2.94 bits per heavy atom. The van der Waals surface area contributed by atoms with Crippen LogP contribution >= 0.6 is 11.3 Å². The Bertz CT molecular complexity index is 394. The largest absolute Gasteiger partial charge is 0.335 e. The number of amides is 1. The molecular formula is C14H20N2OS. The summed E-state index contributed by atoms with van der Waals surface area (Å²) in [5.74, 6) is 0.881. The van der Waals surface area contributed by atoms with Gasteiger partial charge in [-0.05, 0) is 56.1 Å². The van der Waals surface area contributed by atoms with Crippen molar-refractivity contribution in [3.05, 3.63) is 22.4 Å². The lowest BCUT2D eigenvalue weighted by Crippen LogP contribution is -2.42. The number of nitrogens with zero attached hydrogens (tertiary/aromatic N) is 1. The number of piperidine rings is 1. The Morgan fingerprint density at radius 2 is 2.33 bits per heavy atom. The lowest BCUT2D eigenvalue weighted by Gasteiger charge is -2.30. The van der Waals surface area contributed by atoms with E-state index in [4.69, 9.17) is 0 Å². The van der Waals surface area contributed by atoms with Crippen LogP contribution in [0.5, 0.6) is 0 Å². The van der Waals surface area contributed by atoms with Crippen LogP contribution < -0.4 is 5.32 Å². The molecule has 4 heteroatoms. The van der Waals surface area contributed by atoms with E-state index in [0.717, 1.165) is 25.2 Å². The van der Waals surface area contributed by atoms with Crippen LogP contribution in [0.2, 0.25) is 0 Å². The molecule has 1 aromatic rings. The van der Waals surface area contributed by atoms with Crippen LogP contribution in [0.25, 0.3) is 0 Å². The van der Waals surface area contributed by atoms with Crippen LogP contribution in [0.3, 0.4) is 0 Å². The van der Waals surface area contributed by atoms with Crippen LogP contribution in [-0.4, -0.2) is 36.5 Å². The zero-order valence-corrected chi connectivity index (χ0v) is 11.4. The van der Waals surface area contributed by atoms with Crippen LogP contribution in [0.15, 0.2) is 16.8 Å². The van der Waals surface area contributed by atoms with Gasteiger partial charge in [0.15, 0.2) is 0 Å². The highest BCUT2D eigenvalue weighted by Crippen LogP contribution is 2.30. The molecule has 1 aliphatic heterocycles. The standard InChI is InChI=1S/C14H20N2OS/c17-14(12-5-7-18-10-12)16(13-3-4-13)9-11-2-1-6-15-8-11/h5,7,10-11,13,15H,1-4,6,8-9H2. The topological polar surface area (TPSA) is 32.3 Å². The first kappa shape index (κ1) is 12.2. The second-order valence-electron chi connectivity index (χ2n) is 5.41. The molecule has 2 aliphatic rings. The van der Waals surface area contributed by atoms with Crippen molar-refractivity contribution >= 4 is 17.2 Å². The predicted molar refractivity (Wildman–Crippen MR) is 74.0 cm³/mol. The molecule has 0 spiro atoms. The molecule has 2 fully saturated rings. The van der Waals surface area contributed by atoms with Crippen molar-refractivity contribution in [2.45, 2.75) is 31.7 Å². The summed E-state index contributed by atoms with van der Waals surface area (Å²) in [5, 5.41) is 7.39. The Morgan fingerprint density at radius 1 is 1.44 bits per heavy atom. The Labute approximate surface area is 112 Å². The van der Waals surface area contributed by atoms with Crippen molar-refractivity contribution in [1.82, 2.24) is 10.2 Å². The third-order valence-electron chi connectivity index (χ3n) is 3.87. The molecule has 1 aromatic heterocycles. The van der Waals surface area contributed by atoms with Crippen LogP contribution in [-0.2, 0) is 0 Å². The lowest BCUT2D eigenvalue weighted by molar-refractivity contribution is 0.0704. The molecule has 1 saturated carbocycles. The molecule has 0 radical (unpaired) electrons. The van der Waals surface area contributed by atoms with E-state index in [9.17, 15) is 4.79 Å². The van der Waals surface area contributed by atoms with Crippen molar-refractivity contribution in [3.8, 4) is 0 Å². The summed E-state index contributed by atoms with van der Waals surface area (Å²) in [5.41, 5.74) is 0.871. The maximum atomic E-state index is 12.5. The van der Waals surface area contributed by atoms with Gasteiger partial charge < -0.3 is 10.2 Å². The maximum absolute atomic E-state index is 12.5. The summed E-state index contributed by atoms with van der Waals surface area (Å²) in [6, 6.07) is 2.46. The average Bonchev–Trinajstić information content (AvgIpc) is 3.10. The summed E-state index contributed by atoms with van der Waals surface area (Å²) in [4.78, 5) is 14.6. The molecule has 18 heavy (non-hydrogen) atoms. The minimum Gasteiger partial charge on any atom is -0.335 e. The highest BCUT2D eigenvalue weighted by Gasteiger charge is 2.34. The molecule has 3 nitrogen and oxygen atoms in total. The first-order chi connectivity index (χ1) is 8.84. The number of nitrogens with one attached hydrogen (secondary N) is 1. The van der Waals surface area contributed by atoms with E-state index in [1.807, 2.05) is 16.8 Å². The normalized spacial score (nSPS) is 23.9. The fraction of sp³-hybridized carbons (Fsp3) is 0.643. The first-order valence-corrected chi connectivity index (χ1v) is 7.83. The minimum atomic E-state index is 0.240. The monoisotopic (exact) mass is 264 g/mol. The molecule has 1 amide bonds. The van der Waals surface area contributed by atoms with Crippen LogP contribution in [0.1, 0.15) is 36.0 Å². The predicted octanol–water partition coefficient (Wildman–Crippen LogP) is 2.35. The summed E-state index contributed by atoms with van der Waals surface area (Å²) >= 11 is 1.60. The fourth-order valence-corrected chi connectivity index (χ4v) is 3.32. The quantitative estimate of drug-likeness (QED) is 0.905. The molecule has 1 atom stereocenters. The van der Waals surface area contributed by atoms with E-state index in [1.54, 1.807) is 11.3 Å². The SMILES string of the molecule is O=C(c1ccsc1)N(CC1CCCNC1)C1CC1. The minimum absolute atomic E-state index is 0.240. The average molecular weight is 264 g/mol. The van der Waals surface area contributed by atoms with Crippen molar-refractivity contribution in [1.29, 1.82) is 0 Å². The first-order valence-electron chi connectivity index (χ1n) is 6.88. The van der Waals surface area contributed by atoms with Gasteiger partial charge in [-0.25, -0.2) is 0 Å². The van der Waals surface area contributed by atoms with Gasteiger partial charge in [0.05, 0.1) is 5.56 Å². The zero-order chi connectivity index (χ0) is 12.4. The highest BCUT2D eigenvalue weighted by atomic mass is 32.1. The third-order valence-corrected chi connectivity index (χ3v) is 4.55.